The third kappa shape index (κ3) is 4.16. The van der Waals surface area contributed by atoms with Crippen LogP contribution in [0.25, 0.3) is 0 Å². The van der Waals surface area contributed by atoms with Gasteiger partial charge in [0.2, 0.25) is 11.9 Å². The van der Waals surface area contributed by atoms with Crippen LogP contribution in [0.1, 0.15) is 26.7 Å². The molecule has 6 nitrogen and oxygen atoms in total. The lowest BCUT2D eigenvalue weighted by atomic mass is 9.88. The third-order valence-electron chi connectivity index (χ3n) is 2.24. The van der Waals surface area contributed by atoms with Gasteiger partial charge in [0, 0.05) is 13.2 Å². The van der Waals surface area contributed by atoms with Gasteiger partial charge in [0.05, 0.1) is 0 Å². The van der Waals surface area contributed by atoms with E-state index in [0.717, 1.165) is 19.4 Å². The largest absolute Gasteiger partial charge is 0.396 e. The van der Waals surface area contributed by atoms with Crippen molar-refractivity contribution in [3.8, 4) is 0 Å². The first-order valence-electron chi connectivity index (χ1n) is 5.06. The maximum Gasteiger partial charge on any atom is 0.243 e. The molecule has 0 radical (unpaired) electrons. The summed E-state index contributed by atoms with van der Waals surface area (Å²) in [7, 11) is 0. The molecule has 5 N–H and O–H groups in total. The number of H-pyrrole nitrogens is 1. The number of hydrogen-bond acceptors (Lipinski definition) is 5. The van der Waals surface area contributed by atoms with Crippen molar-refractivity contribution in [1.82, 2.24) is 15.2 Å². The first-order chi connectivity index (χ1) is 7.03. The van der Waals surface area contributed by atoms with E-state index in [2.05, 4.69) is 34.3 Å². The molecule has 6 heteroatoms. The zero-order valence-electron chi connectivity index (χ0n) is 9.25. The van der Waals surface area contributed by atoms with Crippen LogP contribution in [0.2, 0.25) is 0 Å². The fourth-order valence-electron chi connectivity index (χ4n) is 1.32. The predicted octanol–water partition coefficient (Wildman–Crippen LogP) is 0.597. The lowest BCUT2D eigenvalue weighted by Gasteiger charge is -2.24. The molecule has 0 aliphatic rings. The summed E-state index contributed by atoms with van der Waals surface area (Å²) in [6.45, 7) is 5.25. The van der Waals surface area contributed by atoms with E-state index in [1.807, 2.05) is 0 Å². The second kappa shape index (κ2) is 4.97. The highest BCUT2D eigenvalue weighted by Gasteiger charge is 2.17. The maximum atomic E-state index is 8.75. The second-order valence-corrected chi connectivity index (χ2v) is 4.39. The lowest BCUT2D eigenvalue weighted by molar-refractivity contribution is 0.247. The van der Waals surface area contributed by atoms with E-state index in [1.54, 1.807) is 0 Å². The van der Waals surface area contributed by atoms with Gasteiger partial charge in [-0.1, -0.05) is 13.8 Å². The average Bonchev–Trinajstić information content (AvgIpc) is 2.59. The van der Waals surface area contributed by atoms with Gasteiger partial charge < -0.3 is 16.2 Å². The van der Waals surface area contributed by atoms with Crippen molar-refractivity contribution in [2.24, 2.45) is 5.41 Å². The number of nitrogens with two attached hydrogens (primary N) is 1. The minimum absolute atomic E-state index is 0.109. The van der Waals surface area contributed by atoms with Gasteiger partial charge in [0.1, 0.15) is 0 Å². The van der Waals surface area contributed by atoms with Gasteiger partial charge in [-0.3, -0.25) is 0 Å². The highest BCUT2D eigenvalue weighted by atomic mass is 16.2. The molecule has 1 aromatic rings. The molecule has 0 saturated carbocycles. The number of hydrogen-bond donors (Lipinski definition) is 4. The standard InChI is InChI=1S/C9H19N5O/c1-9(2,4-3-5-15)6-11-8-12-7(10)13-14-8/h15H,3-6H2,1-2H3,(H4,10,11,12,13,14). The fraction of sp³-hybridized carbons (Fsp3) is 0.778. The van der Waals surface area contributed by atoms with Gasteiger partial charge in [0.15, 0.2) is 0 Å². The summed E-state index contributed by atoms with van der Waals surface area (Å²) in [5, 5.41) is 18.3. The van der Waals surface area contributed by atoms with E-state index in [-0.39, 0.29) is 12.0 Å². The lowest BCUT2D eigenvalue weighted by Crippen LogP contribution is -2.23. The zero-order valence-corrected chi connectivity index (χ0v) is 9.25. The van der Waals surface area contributed by atoms with E-state index in [0.29, 0.717) is 11.9 Å². The third-order valence-corrected chi connectivity index (χ3v) is 2.24. The Labute approximate surface area is 89.3 Å². The quantitative estimate of drug-likeness (QED) is 0.554. The first-order valence-corrected chi connectivity index (χ1v) is 5.06. The van der Waals surface area contributed by atoms with Crippen LogP contribution in [-0.2, 0) is 0 Å². The molecule has 0 atom stereocenters. The van der Waals surface area contributed by atoms with Crippen LogP contribution in [0, 0.1) is 5.41 Å². The van der Waals surface area contributed by atoms with E-state index < -0.39 is 0 Å². The highest BCUT2D eigenvalue weighted by molar-refractivity contribution is 5.29. The molecular weight excluding hydrogens is 194 g/mol. The van der Waals surface area contributed by atoms with E-state index in [4.69, 9.17) is 10.8 Å². The van der Waals surface area contributed by atoms with Crippen LogP contribution < -0.4 is 11.1 Å². The van der Waals surface area contributed by atoms with Crippen molar-refractivity contribution in [2.45, 2.75) is 26.7 Å². The summed E-state index contributed by atoms with van der Waals surface area (Å²) in [6.07, 6.45) is 1.77. The minimum Gasteiger partial charge on any atom is -0.396 e. The van der Waals surface area contributed by atoms with Crippen molar-refractivity contribution in [3.05, 3.63) is 0 Å². The van der Waals surface area contributed by atoms with Crippen LogP contribution in [-0.4, -0.2) is 33.4 Å². The number of nitrogen functional groups attached to an aromatic ring is 1. The molecule has 0 amide bonds. The van der Waals surface area contributed by atoms with Gasteiger partial charge in [0.25, 0.3) is 0 Å². The number of nitrogens with one attached hydrogen (secondary N) is 2. The van der Waals surface area contributed by atoms with Crippen molar-refractivity contribution in [1.29, 1.82) is 0 Å². The summed E-state index contributed by atoms with van der Waals surface area (Å²) in [5.41, 5.74) is 5.51. The Hall–Kier alpha value is -1.30. The topological polar surface area (TPSA) is 99.8 Å². The smallest absolute Gasteiger partial charge is 0.243 e. The number of aliphatic hydroxyl groups excluding tert-OH is 1. The fourth-order valence-corrected chi connectivity index (χ4v) is 1.32. The number of aliphatic hydroxyl groups is 1. The molecule has 0 spiro atoms. The Balaban J connectivity index is 2.35. The van der Waals surface area contributed by atoms with Gasteiger partial charge in [-0.2, -0.15) is 4.98 Å². The average molecular weight is 213 g/mol. The molecule has 1 rings (SSSR count). The molecule has 0 bridgehead atoms. The Bertz CT molecular complexity index is 296. The van der Waals surface area contributed by atoms with Crippen LogP contribution in [0.15, 0.2) is 0 Å². The van der Waals surface area contributed by atoms with E-state index >= 15 is 0 Å². The first kappa shape index (κ1) is 11.8. The molecule has 0 aliphatic carbocycles. The summed E-state index contributed by atoms with van der Waals surface area (Å²) in [6, 6.07) is 0. The van der Waals surface area contributed by atoms with Gasteiger partial charge in [-0.05, 0) is 18.3 Å². The summed E-state index contributed by atoms with van der Waals surface area (Å²) >= 11 is 0. The van der Waals surface area contributed by atoms with Crippen molar-refractivity contribution in [2.75, 3.05) is 24.2 Å². The van der Waals surface area contributed by atoms with Crippen molar-refractivity contribution < 1.29 is 5.11 Å². The van der Waals surface area contributed by atoms with Crippen molar-refractivity contribution >= 4 is 11.9 Å². The van der Waals surface area contributed by atoms with Crippen LogP contribution >= 0.6 is 0 Å². The normalized spacial score (nSPS) is 11.7. The molecule has 0 fully saturated rings. The molecule has 0 aromatic carbocycles. The molecule has 0 saturated heterocycles. The van der Waals surface area contributed by atoms with Crippen LogP contribution in [0.5, 0.6) is 0 Å². The van der Waals surface area contributed by atoms with Gasteiger partial charge >= 0.3 is 0 Å². The number of nitrogens with zero attached hydrogens (tertiary/aromatic N) is 2. The molecular formula is C9H19N5O. The number of aromatic nitrogens is 3. The predicted molar refractivity (Wildman–Crippen MR) is 59.4 cm³/mol. The molecule has 1 aromatic heterocycles. The van der Waals surface area contributed by atoms with Gasteiger partial charge in [-0.15, -0.1) is 5.10 Å². The van der Waals surface area contributed by atoms with E-state index in [9.17, 15) is 0 Å². The summed E-state index contributed by atoms with van der Waals surface area (Å²) in [5.74, 6) is 0.829. The van der Waals surface area contributed by atoms with Crippen LogP contribution in [0.4, 0.5) is 11.9 Å². The van der Waals surface area contributed by atoms with Crippen LogP contribution in [0.3, 0.4) is 0 Å². The van der Waals surface area contributed by atoms with Gasteiger partial charge in [-0.25, -0.2) is 5.10 Å². The number of rotatable bonds is 6. The molecule has 0 aliphatic heterocycles. The number of anilines is 2. The highest BCUT2D eigenvalue weighted by Crippen LogP contribution is 2.22. The zero-order chi connectivity index (χ0) is 11.3. The minimum atomic E-state index is 0.109. The summed E-state index contributed by atoms with van der Waals surface area (Å²) in [4.78, 5) is 3.94. The SMILES string of the molecule is CC(C)(CCCO)CNc1n[nH]c(N)n1. The molecule has 86 valence electrons. The number of aromatic amines is 1. The summed E-state index contributed by atoms with van der Waals surface area (Å²) < 4.78 is 0. The second-order valence-electron chi connectivity index (χ2n) is 4.39. The van der Waals surface area contributed by atoms with E-state index in [1.165, 1.54) is 0 Å². The van der Waals surface area contributed by atoms with Crippen molar-refractivity contribution in [3.63, 3.8) is 0 Å². The Morgan fingerprint density at radius 2 is 2.27 bits per heavy atom. The molecule has 15 heavy (non-hydrogen) atoms. The maximum absolute atomic E-state index is 8.75. The Morgan fingerprint density at radius 1 is 1.53 bits per heavy atom. The monoisotopic (exact) mass is 213 g/mol. The molecule has 1 heterocycles. The Morgan fingerprint density at radius 3 is 2.80 bits per heavy atom. The Kier molecular flexibility index (Phi) is 3.90. The molecule has 0 unspecified atom stereocenters.